The Kier molecular flexibility index (Phi) is 4.43. The van der Waals surface area contributed by atoms with Gasteiger partial charge in [0.15, 0.2) is 0 Å². The fourth-order valence-corrected chi connectivity index (χ4v) is 2.21. The highest BCUT2D eigenvalue weighted by Gasteiger charge is 2.14. The lowest BCUT2D eigenvalue weighted by atomic mass is 9.99. The number of hydrogen-bond acceptors (Lipinski definition) is 2. The molecule has 0 saturated carbocycles. The van der Waals surface area contributed by atoms with Crippen LogP contribution in [0.4, 0.5) is 0 Å². The van der Waals surface area contributed by atoms with Crippen LogP contribution in [-0.4, -0.2) is 31.1 Å². The zero-order chi connectivity index (χ0) is 12.1. The Morgan fingerprint density at radius 1 is 1.18 bits per heavy atom. The van der Waals surface area contributed by atoms with Gasteiger partial charge in [-0.25, -0.2) is 0 Å². The molecule has 0 aromatic heterocycles. The van der Waals surface area contributed by atoms with E-state index in [1.54, 1.807) is 0 Å². The number of aryl methyl sites for hydroxylation is 1. The van der Waals surface area contributed by atoms with E-state index in [4.69, 9.17) is 4.74 Å². The van der Waals surface area contributed by atoms with E-state index in [-0.39, 0.29) is 0 Å². The predicted molar refractivity (Wildman–Crippen MR) is 71.5 cm³/mol. The van der Waals surface area contributed by atoms with E-state index in [0.29, 0.717) is 0 Å². The lowest BCUT2D eigenvalue weighted by Crippen LogP contribution is -2.35. The van der Waals surface area contributed by atoms with E-state index in [0.717, 1.165) is 24.8 Å². The minimum absolute atomic E-state index is 0.803. The van der Waals surface area contributed by atoms with Crippen LogP contribution in [0.2, 0.25) is 0 Å². The lowest BCUT2D eigenvalue weighted by molar-refractivity contribution is 0.160. The largest absolute Gasteiger partial charge is 0.492 e. The molecule has 0 amide bonds. The number of piperidine rings is 1. The first-order chi connectivity index (χ1) is 8.24. The molecule has 0 N–H and O–H groups in total. The third-order valence-electron chi connectivity index (χ3n) is 3.57. The van der Waals surface area contributed by atoms with Gasteiger partial charge in [-0.05, 0) is 50.9 Å². The molecule has 17 heavy (non-hydrogen) atoms. The summed E-state index contributed by atoms with van der Waals surface area (Å²) in [7, 11) is 0. The maximum Gasteiger partial charge on any atom is 0.119 e. The van der Waals surface area contributed by atoms with Gasteiger partial charge in [-0.1, -0.05) is 24.6 Å². The summed E-state index contributed by atoms with van der Waals surface area (Å²) in [5.74, 6) is 1.89. The van der Waals surface area contributed by atoms with Gasteiger partial charge in [0.2, 0.25) is 0 Å². The lowest BCUT2D eigenvalue weighted by Gasteiger charge is -2.29. The average molecular weight is 233 g/mol. The number of rotatable bonds is 4. The van der Waals surface area contributed by atoms with Crippen LogP contribution in [0.1, 0.15) is 25.3 Å². The van der Waals surface area contributed by atoms with Gasteiger partial charge in [0.1, 0.15) is 12.4 Å². The fourth-order valence-electron chi connectivity index (χ4n) is 2.21. The first-order valence-electron chi connectivity index (χ1n) is 6.66. The predicted octanol–water partition coefficient (Wildman–Crippen LogP) is 3.11. The first kappa shape index (κ1) is 12.4. The molecule has 1 aliphatic heterocycles. The Hall–Kier alpha value is -1.02. The topological polar surface area (TPSA) is 12.5 Å². The molecule has 1 aromatic rings. The molecule has 0 unspecified atom stereocenters. The summed E-state index contributed by atoms with van der Waals surface area (Å²) < 4.78 is 5.75. The molecule has 94 valence electrons. The Labute approximate surface area is 105 Å². The second-order valence-corrected chi connectivity index (χ2v) is 5.19. The third kappa shape index (κ3) is 4.04. The van der Waals surface area contributed by atoms with E-state index in [9.17, 15) is 0 Å². The van der Waals surface area contributed by atoms with Crippen molar-refractivity contribution in [2.75, 3.05) is 26.2 Å². The van der Waals surface area contributed by atoms with Crippen molar-refractivity contribution < 1.29 is 4.74 Å². The standard InChI is InChI=1S/C15H23NO/c1-13-3-5-15(6-4-13)17-12-11-16-9-7-14(2)8-10-16/h3-6,14H,7-12H2,1-2H3. The second kappa shape index (κ2) is 6.06. The summed E-state index contributed by atoms with van der Waals surface area (Å²) in [5, 5.41) is 0. The van der Waals surface area contributed by atoms with Crippen molar-refractivity contribution >= 4 is 0 Å². The molecule has 1 saturated heterocycles. The van der Waals surface area contributed by atoms with Gasteiger partial charge in [0.25, 0.3) is 0 Å². The maximum absolute atomic E-state index is 5.75. The van der Waals surface area contributed by atoms with Crippen molar-refractivity contribution in [2.24, 2.45) is 5.92 Å². The van der Waals surface area contributed by atoms with Crippen molar-refractivity contribution in [1.82, 2.24) is 4.90 Å². The highest BCUT2D eigenvalue weighted by molar-refractivity contribution is 5.26. The first-order valence-corrected chi connectivity index (χ1v) is 6.66. The summed E-state index contributed by atoms with van der Waals surface area (Å²) in [6.07, 6.45) is 2.68. The molecular weight excluding hydrogens is 210 g/mol. The van der Waals surface area contributed by atoms with Gasteiger partial charge >= 0.3 is 0 Å². The summed E-state index contributed by atoms with van der Waals surface area (Å²) in [4.78, 5) is 2.51. The van der Waals surface area contributed by atoms with Gasteiger partial charge in [0, 0.05) is 6.54 Å². The molecular formula is C15H23NO. The van der Waals surface area contributed by atoms with E-state index >= 15 is 0 Å². The molecule has 0 aliphatic carbocycles. The van der Waals surface area contributed by atoms with Crippen LogP contribution in [0, 0.1) is 12.8 Å². The molecule has 2 nitrogen and oxygen atoms in total. The molecule has 0 spiro atoms. The van der Waals surface area contributed by atoms with Crippen LogP contribution >= 0.6 is 0 Å². The minimum Gasteiger partial charge on any atom is -0.492 e. The molecule has 2 heteroatoms. The van der Waals surface area contributed by atoms with E-state index in [1.807, 2.05) is 12.1 Å². The van der Waals surface area contributed by atoms with Crippen molar-refractivity contribution in [3.63, 3.8) is 0 Å². The van der Waals surface area contributed by atoms with Crippen LogP contribution in [0.25, 0.3) is 0 Å². The van der Waals surface area contributed by atoms with Crippen molar-refractivity contribution in [3.05, 3.63) is 29.8 Å². The molecule has 0 atom stereocenters. The van der Waals surface area contributed by atoms with Crippen LogP contribution < -0.4 is 4.74 Å². The summed E-state index contributed by atoms with van der Waals surface area (Å²) in [5.41, 5.74) is 1.28. The van der Waals surface area contributed by atoms with Crippen molar-refractivity contribution in [3.8, 4) is 5.75 Å². The van der Waals surface area contributed by atoms with E-state index in [2.05, 4.69) is 30.9 Å². The molecule has 1 heterocycles. The zero-order valence-electron chi connectivity index (χ0n) is 11.0. The van der Waals surface area contributed by atoms with Crippen LogP contribution in [0.5, 0.6) is 5.75 Å². The average Bonchev–Trinajstić information content (AvgIpc) is 2.34. The zero-order valence-corrected chi connectivity index (χ0v) is 11.0. The summed E-state index contributed by atoms with van der Waals surface area (Å²) in [6, 6.07) is 8.29. The van der Waals surface area contributed by atoms with Gasteiger partial charge in [-0.15, -0.1) is 0 Å². The Morgan fingerprint density at radius 3 is 2.47 bits per heavy atom. The van der Waals surface area contributed by atoms with Gasteiger partial charge in [0.05, 0.1) is 0 Å². The molecule has 1 aliphatic rings. The quantitative estimate of drug-likeness (QED) is 0.792. The van der Waals surface area contributed by atoms with E-state index < -0.39 is 0 Å². The highest BCUT2D eigenvalue weighted by atomic mass is 16.5. The molecule has 0 bridgehead atoms. The number of nitrogens with zero attached hydrogens (tertiary/aromatic N) is 1. The number of hydrogen-bond donors (Lipinski definition) is 0. The Morgan fingerprint density at radius 2 is 1.82 bits per heavy atom. The van der Waals surface area contributed by atoms with Gasteiger partial charge < -0.3 is 4.74 Å². The Balaban J connectivity index is 1.67. The van der Waals surface area contributed by atoms with Gasteiger partial charge in [-0.2, -0.15) is 0 Å². The SMILES string of the molecule is Cc1ccc(OCCN2CCC(C)CC2)cc1. The minimum atomic E-state index is 0.803. The number of ether oxygens (including phenoxy) is 1. The number of benzene rings is 1. The fraction of sp³-hybridized carbons (Fsp3) is 0.600. The normalized spacial score (nSPS) is 18.2. The Bertz CT molecular complexity index is 325. The third-order valence-corrected chi connectivity index (χ3v) is 3.57. The van der Waals surface area contributed by atoms with Crippen LogP contribution in [0.15, 0.2) is 24.3 Å². The monoisotopic (exact) mass is 233 g/mol. The summed E-state index contributed by atoms with van der Waals surface area (Å²) >= 11 is 0. The van der Waals surface area contributed by atoms with E-state index in [1.165, 1.54) is 31.5 Å². The second-order valence-electron chi connectivity index (χ2n) is 5.19. The molecule has 1 fully saturated rings. The molecule has 2 rings (SSSR count). The van der Waals surface area contributed by atoms with Crippen molar-refractivity contribution in [2.45, 2.75) is 26.7 Å². The van der Waals surface area contributed by atoms with Crippen molar-refractivity contribution in [1.29, 1.82) is 0 Å². The summed E-state index contributed by atoms with van der Waals surface area (Å²) in [6.45, 7) is 8.77. The smallest absolute Gasteiger partial charge is 0.119 e. The van der Waals surface area contributed by atoms with Crippen LogP contribution in [0.3, 0.4) is 0 Å². The molecule has 1 aromatic carbocycles. The maximum atomic E-state index is 5.75. The highest BCUT2D eigenvalue weighted by Crippen LogP contribution is 2.16. The molecule has 0 radical (unpaired) electrons. The number of likely N-dealkylation sites (tertiary alicyclic amines) is 1. The van der Waals surface area contributed by atoms with Crippen LogP contribution in [-0.2, 0) is 0 Å². The van der Waals surface area contributed by atoms with Gasteiger partial charge in [-0.3, -0.25) is 4.90 Å².